The van der Waals surface area contributed by atoms with Gasteiger partial charge in [-0.05, 0) is 18.2 Å². The summed E-state index contributed by atoms with van der Waals surface area (Å²) in [7, 11) is 0. The fourth-order valence-electron chi connectivity index (χ4n) is 0.969. The Morgan fingerprint density at radius 3 is 2.67 bits per heavy atom. The van der Waals surface area contributed by atoms with E-state index < -0.39 is 11.6 Å². The lowest BCUT2D eigenvalue weighted by Crippen LogP contribution is -1.91. The predicted molar refractivity (Wildman–Crippen MR) is 47.3 cm³/mol. The zero-order valence-corrected chi connectivity index (χ0v) is 7.45. The molecule has 0 unspecified atom stereocenters. The van der Waals surface area contributed by atoms with Crippen LogP contribution < -0.4 is 4.74 Å². The van der Waals surface area contributed by atoms with Crippen LogP contribution in [-0.2, 0) is 0 Å². The van der Waals surface area contributed by atoms with Crippen LogP contribution in [0.5, 0.6) is 11.6 Å². The molecule has 1 aromatic carbocycles. The molecule has 0 aliphatic rings. The summed E-state index contributed by atoms with van der Waals surface area (Å²) in [5.41, 5.74) is 0. The highest BCUT2D eigenvalue weighted by atomic mass is 19.2. The Kier molecular flexibility index (Phi) is 2.53. The van der Waals surface area contributed by atoms with Crippen LogP contribution in [0.15, 0.2) is 30.3 Å². The van der Waals surface area contributed by atoms with Crippen LogP contribution in [0.1, 0.15) is 0 Å². The van der Waals surface area contributed by atoms with Gasteiger partial charge in [0.25, 0.3) is 0 Å². The maximum Gasteiger partial charge on any atom is 0.238 e. The van der Waals surface area contributed by atoms with Gasteiger partial charge in [0.2, 0.25) is 5.88 Å². The number of hydrogen-bond acceptors (Lipinski definition) is 3. The van der Waals surface area contributed by atoms with Crippen molar-refractivity contribution in [3.05, 3.63) is 48.2 Å². The van der Waals surface area contributed by atoms with Crippen molar-refractivity contribution in [3.63, 3.8) is 0 Å². The summed E-state index contributed by atoms with van der Waals surface area (Å²) in [5.74, 6) is -1.54. The van der Waals surface area contributed by atoms with Crippen LogP contribution in [-0.4, -0.2) is 10.2 Å². The van der Waals surface area contributed by atoms with Gasteiger partial charge in [-0.15, -0.1) is 10.2 Å². The van der Waals surface area contributed by atoms with Gasteiger partial charge in [0.1, 0.15) is 11.9 Å². The number of rotatable bonds is 2. The summed E-state index contributed by atoms with van der Waals surface area (Å²) in [6.07, 6.45) is 2.46. The highest BCUT2D eigenvalue weighted by Crippen LogP contribution is 2.20. The molecule has 0 aliphatic carbocycles. The van der Waals surface area contributed by atoms with E-state index in [1.165, 1.54) is 18.2 Å². The van der Waals surface area contributed by atoms with Crippen molar-refractivity contribution in [1.29, 1.82) is 0 Å². The van der Waals surface area contributed by atoms with E-state index >= 15 is 0 Å². The first-order valence-electron chi connectivity index (χ1n) is 4.08. The fraction of sp³-hybridized carbons (Fsp3) is 0. The van der Waals surface area contributed by atoms with Crippen molar-refractivity contribution in [2.75, 3.05) is 0 Å². The van der Waals surface area contributed by atoms with Gasteiger partial charge in [0, 0.05) is 12.1 Å². The molecule has 1 heterocycles. The molecule has 0 atom stereocenters. The van der Waals surface area contributed by atoms with Gasteiger partial charge in [-0.2, -0.15) is 0 Å². The normalized spacial score (nSPS) is 10.0. The molecule has 75 valence electrons. The molecule has 0 spiro atoms. The Labute approximate surface area is 84.3 Å². The number of halogens is 2. The van der Waals surface area contributed by atoms with Crippen LogP contribution in [0.25, 0.3) is 0 Å². The zero-order chi connectivity index (χ0) is 10.7. The Hall–Kier alpha value is -2.04. The molecule has 1 radical (unpaired) electrons. The lowest BCUT2D eigenvalue weighted by molar-refractivity contribution is 0.441. The number of hydrogen-bond donors (Lipinski definition) is 0. The second-order valence-corrected chi connectivity index (χ2v) is 2.68. The Morgan fingerprint density at radius 2 is 2.00 bits per heavy atom. The quantitative estimate of drug-likeness (QED) is 0.758. The molecule has 3 nitrogen and oxygen atoms in total. The largest absolute Gasteiger partial charge is 0.437 e. The third kappa shape index (κ3) is 2.25. The molecule has 0 saturated carbocycles. The SMILES string of the molecule is Fc1ccc(Oc2cc[c]nn2)cc1F. The van der Waals surface area contributed by atoms with Crippen molar-refractivity contribution in [2.45, 2.75) is 0 Å². The third-order valence-electron chi connectivity index (χ3n) is 1.62. The molecule has 15 heavy (non-hydrogen) atoms. The maximum atomic E-state index is 12.8. The molecular formula is C10H5F2N2O. The van der Waals surface area contributed by atoms with E-state index in [1.807, 2.05) is 0 Å². The van der Waals surface area contributed by atoms with Gasteiger partial charge in [-0.1, -0.05) is 0 Å². The lowest BCUT2D eigenvalue weighted by atomic mass is 10.3. The number of benzene rings is 1. The summed E-state index contributed by atoms with van der Waals surface area (Å²) >= 11 is 0. The monoisotopic (exact) mass is 207 g/mol. The summed E-state index contributed by atoms with van der Waals surface area (Å²) < 4.78 is 30.5. The summed E-state index contributed by atoms with van der Waals surface area (Å²) in [6, 6.07) is 6.23. The first-order valence-corrected chi connectivity index (χ1v) is 4.08. The number of nitrogens with zero attached hydrogens (tertiary/aromatic N) is 2. The number of ether oxygens (including phenoxy) is 1. The lowest BCUT2D eigenvalue weighted by Gasteiger charge is -2.03. The standard InChI is InChI=1S/C10H5F2N2O/c11-8-4-3-7(6-9(8)12)15-10-2-1-5-13-14-10/h1-4,6H. The first kappa shape index (κ1) is 9.51. The van der Waals surface area contributed by atoms with Crippen molar-refractivity contribution in [3.8, 4) is 11.6 Å². The van der Waals surface area contributed by atoms with Gasteiger partial charge >= 0.3 is 0 Å². The van der Waals surface area contributed by atoms with Crippen LogP contribution in [0, 0.1) is 17.8 Å². The van der Waals surface area contributed by atoms with Gasteiger partial charge in [-0.25, -0.2) is 8.78 Å². The molecule has 2 rings (SSSR count). The summed E-state index contributed by atoms with van der Waals surface area (Å²) in [5, 5.41) is 7.04. The molecule has 0 fully saturated rings. The molecule has 0 saturated heterocycles. The molecule has 2 aromatic rings. The third-order valence-corrected chi connectivity index (χ3v) is 1.62. The van der Waals surface area contributed by atoms with E-state index in [9.17, 15) is 8.78 Å². The summed E-state index contributed by atoms with van der Waals surface area (Å²) in [6.45, 7) is 0. The zero-order valence-electron chi connectivity index (χ0n) is 7.45. The average molecular weight is 207 g/mol. The van der Waals surface area contributed by atoms with E-state index in [0.717, 1.165) is 12.1 Å². The molecule has 5 heteroatoms. The van der Waals surface area contributed by atoms with Crippen molar-refractivity contribution >= 4 is 0 Å². The Balaban J connectivity index is 2.22. The predicted octanol–water partition coefficient (Wildman–Crippen LogP) is 2.35. The van der Waals surface area contributed by atoms with Crippen molar-refractivity contribution < 1.29 is 13.5 Å². The van der Waals surface area contributed by atoms with Gasteiger partial charge in [-0.3, -0.25) is 0 Å². The molecule has 1 aromatic heterocycles. The van der Waals surface area contributed by atoms with Crippen LogP contribution >= 0.6 is 0 Å². The first-order chi connectivity index (χ1) is 7.25. The minimum Gasteiger partial charge on any atom is -0.437 e. The second-order valence-electron chi connectivity index (χ2n) is 2.68. The Bertz CT molecular complexity index is 462. The molecule has 0 N–H and O–H groups in total. The van der Waals surface area contributed by atoms with Gasteiger partial charge in [0.15, 0.2) is 11.6 Å². The molecule has 0 aliphatic heterocycles. The van der Waals surface area contributed by atoms with Crippen LogP contribution in [0.2, 0.25) is 0 Å². The smallest absolute Gasteiger partial charge is 0.238 e. The highest BCUT2D eigenvalue weighted by molar-refractivity contribution is 5.27. The molecular weight excluding hydrogens is 202 g/mol. The topological polar surface area (TPSA) is 35.0 Å². The van der Waals surface area contributed by atoms with Crippen LogP contribution in [0.3, 0.4) is 0 Å². The second kappa shape index (κ2) is 4.00. The van der Waals surface area contributed by atoms with Crippen molar-refractivity contribution in [1.82, 2.24) is 10.2 Å². The van der Waals surface area contributed by atoms with Crippen LogP contribution in [0.4, 0.5) is 8.78 Å². The minimum absolute atomic E-state index is 0.161. The summed E-state index contributed by atoms with van der Waals surface area (Å²) in [4.78, 5) is 0. The molecule has 0 amide bonds. The van der Waals surface area contributed by atoms with Gasteiger partial charge in [0.05, 0.1) is 0 Å². The highest BCUT2D eigenvalue weighted by Gasteiger charge is 2.04. The molecule has 0 bridgehead atoms. The van der Waals surface area contributed by atoms with E-state index in [4.69, 9.17) is 4.74 Å². The van der Waals surface area contributed by atoms with Gasteiger partial charge < -0.3 is 4.74 Å². The van der Waals surface area contributed by atoms with E-state index in [1.54, 1.807) is 0 Å². The van der Waals surface area contributed by atoms with E-state index in [2.05, 4.69) is 16.4 Å². The average Bonchev–Trinajstić information content (AvgIpc) is 2.25. The number of aromatic nitrogens is 2. The van der Waals surface area contributed by atoms with E-state index in [-0.39, 0.29) is 11.6 Å². The maximum absolute atomic E-state index is 12.8. The Morgan fingerprint density at radius 1 is 1.13 bits per heavy atom. The minimum atomic E-state index is -0.969. The van der Waals surface area contributed by atoms with Crippen molar-refractivity contribution in [2.24, 2.45) is 0 Å². The fourth-order valence-corrected chi connectivity index (χ4v) is 0.969. The van der Waals surface area contributed by atoms with E-state index in [0.29, 0.717) is 0 Å².